The number of benzene rings is 1. The molecule has 0 amide bonds. The van der Waals surface area contributed by atoms with Crippen LogP contribution in [-0.4, -0.2) is 17.7 Å². The molecule has 0 aromatic heterocycles. The summed E-state index contributed by atoms with van der Waals surface area (Å²) in [4.78, 5) is 10.4. The lowest BCUT2D eigenvalue weighted by atomic mass is 10.1. The monoisotopic (exact) mass is 270 g/mol. The normalized spacial score (nSPS) is 13.7. The fraction of sp³-hybridized carbons (Fsp3) is 0.364. The number of carboxylic acids is 1. The number of ether oxygens (including phenoxy) is 1. The number of hydrogen-bond acceptors (Lipinski definition) is 2. The Hall–Kier alpha value is -1.03. The van der Waals surface area contributed by atoms with E-state index in [1.54, 1.807) is 0 Å². The standard InChI is InChI=1S/C11H11BrO3/c12-11-8-3-1-2-7(8)4-5-9(11)15-6-10(13)14/h4-5H,1-3,6H2,(H,13,14). The number of aryl methyl sites for hydroxylation is 1. The number of hydrogen-bond donors (Lipinski definition) is 1. The molecule has 0 bridgehead atoms. The first kappa shape index (κ1) is 10.5. The molecule has 4 heteroatoms. The third-order valence-electron chi connectivity index (χ3n) is 2.53. The predicted molar refractivity (Wildman–Crippen MR) is 59.3 cm³/mol. The fourth-order valence-electron chi connectivity index (χ4n) is 1.85. The van der Waals surface area contributed by atoms with E-state index in [9.17, 15) is 4.79 Å². The molecular weight excluding hydrogens is 260 g/mol. The van der Waals surface area contributed by atoms with Crippen LogP contribution in [0, 0.1) is 0 Å². The zero-order chi connectivity index (χ0) is 10.8. The van der Waals surface area contributed by atoms with Crippen LogP contribution in [0.15, 0.2) is 16.6 Å². The molecular formula is C11H11BrO3. The molecule has 0 atom stereocenters. The summed E-state index contributed by atoms with van der Waals surface area (Å²) in [5, 5.41) is 8.52. The van der Waals surface area contributed by atoms with Gasteiger partial charge in [-0.15, -0.1) is 0 Å². The molecule has 2 rings (SSSR count). The number of fused-ring (bicyclic) bond motifs is 1. The lowest BCUT2D eigenvalue weighted by molar-refractivity contribution is -0.139. The minimum Gasteiger partial charge on any atom is -0.481 e. The van der Waals surface area contributed by atoms with Crippen molar-refractivity contribution in [2.45, 2.75) is 19.3 Å². The highest BCUT2D eigenvalue weighted by molar-refractivity contribution is 9.10. The second kappa shape index (κ2) is 4.23. The van der Waals surface area contributed by atoms with Crippen LogP contribution >= 0.6 is 15.9 Å². The van der Waals surface area contributed by atoms with Gasteiger partial charge in [-0.25, -0.2) is 4.79 Å². The van der Waals surface area contributed by atoms with Gasteiger partial charge in [-0.3, -0.25) is 0 Å². The molecule has 3 nitrogen and oxygen atoms in total. The molecule has 1 aromatic rings. The topological polar surface area (TPSA) is 46.5 Å². The first-order chi connectivity index (χ1) is 7.18. The van der Waals surface area contributed by atoms with Crippen LogP contribution in [0.25, 0.3) is 0 Å². The van der Waals surface area contributed by atoms with Crippen molar-refractivity contribution in [1.82, 2.24) is 0 Å². The van der Waals surface area contributed by atoms with Crippen LogP contribution in [0.5, 0.6) is 5.75 Å². The minimum atomic E-state index is -0.956. The summed E-state index contributed by atoms with van der Waals surface area (Å²) in [6.45, 7) is -0.294. The number of carboxylic acid groups (broad SMARTS) is 1. The number of halogens is 1. The quantitative estimate of drug-likeness (QED) is 0.918. The van der Waals surface area contributed by atoms with E-state index in [0.717, 1.165) is 23.7 Å². The van der Waals surface area contributed by atoms with Gasteiger partial charge in [-0.2, -0.15) is 0 Å². The summed E-state index contributed by atoms with van der Waals surface area (Å²) in [7, 11) is 0. The lowest BCUT2D eigenvalue weighted by Crippen LogP contribution is -2.10. The molecule has 0 radical (unpaired) electrons. The number of aliphatic carboxylic acids is 1. The van der Waals surface area contributed by atoms with Gasteiger partial charge in [0.15, 0.2) is 6.61 Å². The minimum absolute atomic E-state index is 0.294. The van der Waals surface area contributed by atoms with Crippen molar-refractivity contribution in [2.75, 3.05) is 6.61 Å². The molecule has 1 aromatic carbocycles. The van der Waals surface area contributed by atoms with Gasteiger partial charge in [0.25, 0.3) is 0 Å². The van der Waals surface area contributed by atoms with E-state index >= 15 is 0 Å². The Bertz CT molecular complexity index is 401. The molecule has 0 saturated heterocycles. The van der Waals surface area contributed by atoms with Crippen molar-refractivity contribution in [3.05, 3.63) is 27.7 Å². The first-order valence-corrected chi connectivity index (χ1v) is 5.62. The molecule has 1 aliphatic carbocycles. The van der Waals surface area contributed by atoms with E-state index in [2.05, 4.69) is 15.9 Å². The molecule has 0 fully saturated rings. The second-order valence-electron chi connectivity index (χ2n) is 3.55. The molecule has 0 heterocycles. The molecule has 15 heavy (non-hydrogen) atoms. The van der Waals surface area contributed by atoms with Gasteiger partial charge in [0.05, 0.1) is 4.47 Å². The Balaban J connectivity index is 2.22. The van der Waals surface area contributed by atoms with Crippen LogP contribution < -0.4 is 4.74 Å². The Morgan fingerprint density at radius 3 is 3.00 bits per heavy atom. The zero-order valence-corrected chi connectivity index (χ0v) is 9.71. The Morgan fingerprint density at radius 1 is 1.47 bits per heavy atom. The SMILES string of the molecule is O=C(O)COc1ccc2c(c1Br)CCC2. The Kier molecular flexibility index (Phi) is 2.95. The van der Waals surface area contributed by atoms with Crippen LogP contribution in [-0.2, 0) is 17.6 Å². The van der Waals surface area contributed by atoms with Crippen LogP contribution in [0.2, 0.25) is 0 Å². The van der Waals surface area contributed by atoms with Gasteiger partial charge in [0, 0.05) is 0 Å². The van der Waals surface area contributed by atoms with Crippen molar-refractivity contribution < 1.29 is 14.6 Å². The number of rotatable bonds is 3. The van der Waals surface area contributed by atoms with Crippen molar-refractivity contribution >= 4 is 21.9 Å². The maximum absolute atomic E-state index is 10.4. The summed E-state index contributed by atoms with van der Waals surface area (Å²) >= 11 is 3.46. The average Bonchev–Trinajstić information content (AvgIpc) is 2.65. The Morgan fingerprint density at radius 2 is 2.27 bits per heavy atom. The molecule has 0 aliphatic heterocycles. The van der Waals surface area contributed by atoms with E-state index in [1.807, 2.05) is 12.1 Å². The summed E-state index contributed by atoms with van der Waals surface area (Å²) < 4.78 is 6.09. The zero-order valence-electron chi connectivity index (χ0n) is 8.12. The van der Waals surface area contributed by atoms with Crippen molar-refractivity contribution in [3.63, 3.8) is 0 Å². The van der Waals surface area contributed by atoms with Crippen molar-refractivity contribution in [2.24, 2.45) is 0 Å². The molecule has 0 spiro atoms. The summed E-state index contributed by atoms with van der Waals surface area (Å²) in [5.41, 5.74) is 2.60. The second-order valence-corrected chi connectivity index (χ2v) is 4.34. The summed E-state index contributed by atoms with van der Waals surface area (Å²) in [6, 6.07) is 3.85. The van der Waals surface area contributed by atoms with Crippen LogP contribution in [0.3, 0.4) is 0 Å². The molecule has 80 valence electrons. The first-order valence-electron chi connectivity index (χ1n) is 4.83. The fourth-order valence-corrected chi connectivity index (χ4v) is 2.55. The predicted octanol–water partition coefficient (Wildman–Crippen LogP) is 2.40. The highest BCUT2D eigenvalue weighted by atomic mass is 79.9. The smallest absolute Gasteiger partial charge is 0.341 e. The molecule has 0 saturated carbocycles. The molecule has 0 unspecified atom stereocenters. The van der Waals surface area contributed by atoms with E-state index in [4.69, 9.17) is 9.84 Å². The summed E-state index contributed by atoms with van der Waals surface area (Å²) in [5.74, 6) is -0.333. The van der Waals surface area contributed by atoms with Gasteiger partial charge in [-0.05, 0) is 52.4 Å². The van der Waals surface area contributed by atoms with E-state index in [0.29, 0.717) is 5.75 Å². The van der Waals surface area contributed by atoms with E-state index < -0.39 is 5.97 Å². The maximum Gasteiger partial charge on any atom is 0.341 e. The van der Waals surface area contributed by atoms with Crippen LogP contribution in [0.4, 0.5) is 0 Å². The van der Waals surface area contributed by atoms with Crippen molar-refractivity contribution in [3.8, 4) is 5.75 Å². The van der Waals surface area contributed by atoms with E-state index in [1.165, 1.54) is 11.1 Å². The van der Waals surface area contributed by atoms with Crippen LogP contribution in [0.1, 0.15) is 17.5 Å². The van der Waals surface area contributed by atoms with E-state index in [-0.39, 0.29) is 6.61 Å². The Labute approximate surface area is 96.2 Å². The third kappa shape index (κ3) is 2.15. The number of carbonyl (C=O) groups is 1. The highest BCUT2D eigenvalue weighted by Crippen LogP contribution is 2.35. The average molecular weight is 271 g/mol. The maximum atomic E-state index is 10.4. The van der Waals surface area contributed by atoms with Gasteiger partial charge < -0.3 is 9.84 Å². The largest absolute Gasteiger partial charge is 0.481 e. The summed E-state index contributed by atoms with van der Waals surface area (Å²) in [6.07, 6.45) is 3.31. The highest BCUT2D eigenvalue weighted by Gasteiger charge is 2.17. The van der Waals surface area contributed by atoms with Gasteiger partial charge in [0.1, 0.15) is 5.75 Å². The van der Waals surface area contributed by atoms with Gasteiger partial charge in [0.2, 0.25) is 0 Å². The molecule has 1 aliphatic rings. The van der Waals surface area contributed by atoms with Gasteiger partial charge in [-0.1, -0.05) is 6.07 Å². The third-order valence-corrected chi connectivity index (χ3v) is 3.40. The van der Waals surface area contributed by atoms with Gasteiger partial charge >= 0.3 is 5.97 Å². The lowest BCUT2D eigenvalue weighted by Gasteiger charge is -2.09. The molecule has 1 N–H and O–H groups in total. The van der Waals surface area contributed by atoms with Crippen molar-refractivity contribution in [1.29, 1.82) is 0 Å².